The average molecular weight is 375 g/mol. The van der Waals surface area contributed by atoms with E-state index in [2.05, 4.69) is 20.3 Å². The van der Waals surface area contributed by atoms with E-state index < -0.39 is 16.9 Å². The number of carbonyl (C=O) groups is 2. The topological polar surface area (TPSA) is 139 Å². The van der Waals surface area contributed by atoms with Crippen LogP contribution in [0.1, 0.15) is 27.2 Å². The predicted octanol–water partition coefficient (Wildman–Crippen LogP) is 0.501. The van der Waals surface area contributed by atoms with Gasteiger partial charge in [-0.05, 0) is 12.0 Å². The Morgan fingerprint density at radius 2 is 2.26 bits per heavy atom. The summed E-state index contributed by atoms with van der Waals surface area (Å²) >= 11 is 0. The molecule has 0 radical (unpaired) electrons. The molecule has 2 aromatic rings. The number of carbonyl (C=O) groups excluding carboxylic acids is 2. The van der Waals surface area contributed by atoms with Crippen LogP contribution in [0.5, 0.6) is 0 Å². The van der Waals surface area contributed by atoms with Gasteiger partial charge in [0, 0.05) is 19.0 Å². The van der Waals surface area contributed by atoms with Crippen LogP contribution in [0.2, 0.25) is 0 Å². The largest absolute Gasteiger partial charge is 0.465 e. The number of aliphatic hydroxyl groups excluding tert-OH is 1. The van der Waals surface area contributed by atoms with E-state index in [-0.39, 0.29) is 42.2 Å². The van der Waals surface area contributed by atoms with Crippen molar-refractivity contribution < 1.29 is 19.4 Å². The lowest BCUT2D eigenvalue weighted by Gasteiger charge is -2.10. The van der Waals surface area contributed by atoms with Crippen molar-refractivity contribution in [3.8, 4) is 0 Å². The van der Waals surface area contributed by atoms with Gasteiger partial charge in [0.1, 0.15) is 12.9 Å². The molecule has 10 heteroatoms. The second kappa shape index (κ2) is 6.95. The summed E-state index contributed by atoms with van der Waals surface area (Å²) in [4.78, 5) is 45.9. The van der Waals surface area contributed by atoms with E-state index in [1.807, 2.05) is 0 Å². The number of amides is 1. The van der Waals surface area contributed by atoms with E-state index in [4.69, 9.17) is 4.74 Å². The highest BCUT2D eigenvalue weighted by molar-refractivity contribution is 5.91. The lowest BCUT2D eigenvalue weighted by atomic mass is 10.1. The van der Waals surface area contributed by atoms with Gasteiger partial charge in [0.05, 0.1) is 12.0 Å². The molecule has 1 aliphatic rings. The lowest BCUT2D eigenvalue weighted by molar-refractivity contribution is -0.143. The van der Waals surface area contributed by atoms with Gasteiger partial charge in [0.15, 0.2) is 11.2 Å². The van der Waals surface area contributed by atoms with Crippen molar-refractivity contribution in [2.75, 3.05) is 18.5 Å². The minimum absolute atomic E-state index is 0.0375. The number of esters is 1. The minimum Gasteiger partial charge on any atom is -0.465 e. The molecular formula is C17H21N5O5. The molecular weight excluding hydrogens is 354 g/mol. The second-order valence-corrected chi connectivity index (χ2v) is 6.93. The quantitative estimate of drug-likeness (QED) is 0.625. The zero-order valence-corrected chi connectivity index (χ0v) is 15.3. The standard InChI is InChI=1S/C17H21N5O5/c1-9(2)14(25)20-16-19-13-12(15(26)21-16)18-8-22(13)5-11-4-17(11,6-23)7-27-10(3)24/h5,8-9,23H,4,6-7H2,1-3H3,(H2,19,20,21,25,26)/b11-5-. The first-order valence-electron chi connectivity index (χ1n) is 8.49. The van der Waals surface area contributed by atoms with Crippen molar-refractivity contribution in [2.45, 2.75) is 27.2 Å². The molecule has 0 aliphatic heterocycles. The Hall–Kier alpha value is -3.01. The van der Waals surface area contributed by atoms with E-state index in [1.54, 1.807) is 24.6 Å². The first-order valence-corrected chi connectivity index (χ1v) is 8.49. The number of nitrogens with zero attached hydrogens (tertiary/aromatic N) is 3. The van der Waals surface area contributed by atoms with Gasteiger partial charge in [-0.3, -0.25) is 29.3 Å². The molecule has 10 nitrogen and oxygen atoms in total. The van der Waals surface area contributed by atoms with Gasteiger partial charge in [-0.15, -0.1) is 0 Å². The van der Waals surface area contributed by atoms with Gasteiger partial charge >= 0.3 is 5.97 Å². The monoisotopic (exact) mass is 375 g/mol. The smallest absolute Gasteiger partial charge is 0.302 e. The fourth-order valence-electron chi connectivity index (χ4n) is 2.60. The third kappa shape index (κ3) is 3.75. The van der Waals surface area contributed by atoms with Gasteiger partial charge in [-0.1, -0.05) is 13.8 Å². The number of ether oxygens (including phenoxy) is 1. The molecule has 0 bridgehead atoms. The van der Waals surface area contributed by atoms with E-state index in [0.29, 0.717) is 6.42 Å². The maximum atomic E-state index is 12.2. The molecule has 2 heterocycles. The van der Waals surface area contributed by atoms with E-state index in [9.17, 15) is 19.5 Å². The summed E-state index contributed by atoms with van der Waals surface area (Å²) < 4.78 is 6.57. The van der Waals surface area contributed by atoms with Crippen LogP contribution in [0.15, 0.2) is 16.7 Å². The average Bonchev–Trinajstić information content (AvgIpc) is 3.15. The summed E-state index contributed by atoms with van der Waals surface area (Å²) in [5.41, 5.74) is 0.167. The molecule has 1 fully saturated rings. The van der Waals surface area contributed by atoms with Crippen molar-refractivity contribution in [3.63, 3.8) is 0 Å². The molecule has 3 rings (SSSR count). The van der Waals surface area contributed by atoms with Crippen LogP contribution in [-0.4, -0.2) is 49.7 Å². The number of fused-ring (bicyclic) bond motifs is 1. The molecule has 144 valence electrons. The Bertz CT molecular complexity index is 989. The van der Waals surface area contributed by atoms with E-state index in [1.165, 1.54) is 13.3 Å². The number of aromatic nitrogens is 4. The number of hydrogen-bond acceptors (Lipinski definition) is 7. The SMILES string of the molecule is CC(=O)OCC1(CO)C/C1=C/n1cnc2c(=O)[nH]c(NC(=O)C(C)C)nc21. The number of anilines is 1. The van der Waals surface area contributed by atoms with Gasteiger partial charge in [0.25, 0.3) is 5.56 Å². The van der Waals surface area contributed by atoms with Gasteiger partial charge < -0.3 is 9.84 Å². The fraction of sp³-hybridized carbons (Fsp3) is 0.471. The van der Waals surface area contributed by atoms with Crippen LogP contribution in [0.3, 0.4) is 0 Å². The van der Waals surface area contributed by atoms with Gasteiger partial charge in [-0.25, -0.2) is 4.98 Å². The number of aliphatic hydroxyl groups is 1. The van der Waals surface area contributed by atoms with Crippen LogP contribution in [-0.2, 0) is 14.3 Å². The van der Waals surface area contributed by atoms with Crippen LogP contribution >= 0.6 is 0 Å². The zero-order chi connectivity index (χ0) is 19.8. The highest BCUT2D eigenvalue weighted by atomic mass is 16.5. The number of imidazole rings is 1. The number of hydrogen-bond donors (Lipinski definition) is 3. The molecule has 1 atom stereocenters. The summed E-state index contributed by atoms with van der Waals surface area (Å²) in [6.07, 6.45) is 3.69. The van der Waals surface area contributed by atoms with Crippen LogP contribution in [0, 0.1) is 11.3 Å². The Kier molecular flexibility index (Phi) is 4.83. The molecule has 3 N–H and O–H groups in total. The molecule has 1 amide bonds. The Labute approximate surface area is 154 Å². The van der Waals surface area contributed by atoms with Crippen molar-refractivity contribution >= 4 is 35.2 Å². The number of nitrogens with one attached hydrogen (secondary N) is 2. The van der Waals surface area contributed by atoms with Crippen molar-refractivity contribution in [3.05, 3.63) is 22.3 Å². The molecule has 1 unspecified atom stereocenters. The molecule has 0 saturated heterocycles. The second-order valence-electron chi connectivity index (χ2n) is 6.93. The Morgan fingerprint density at radius 3 is 2.89 bits per heavy atom. The minimum atomic E-state index is -0.613. The van der Waals surface area contributed by atoms with Crippen LogP contribution < -0.4 is 10.9 Å². The van der Waals surface area contributed by atoms with Gasteiger partial charge in [-0.2, -0.15) is 4.98 Å². The van der Waals surface area contributed by atoms with Crippen molar-refractivity contribution in [1.82, 2.24) is 19.5 Å². The highest BCUT2D eigenvalue weighted by Crippen LogP contribution is 2.52. The molecule has 0 aromatic carbocycles. The normalized spacial score (nSPS) is 20.3. The van der Waals surface area contributed by atoms with Crippen LogP contribution in [0.4, 0.5) is 5.95 Å². The summed E-state index contributed by atoms with van der Waals surface area (Å²) in [6.45, 7) is 4.68. The zero-order valence-electron chi connectivity index (χ0n) is 15.3. The Balaban J connectivity index is 1.92. The lowest BCUT2D eigenvalue weighted by Crippen LogP contribution is -2.22. The first-order chi connectivity index (χ1) is 12.8. The molecule has 2 aromatic heterocycles. The van der Waals surface area contributed by atoms with Crippen molar-refractivity contribution in [2.24, 2.45) is 11.3 Å². The van der Waals surface area contributed by atoms with E-state index >= 15 is 0 Å². The molecule has 27 heavy (non-hydrogen) atoms. The predicted molar refractivity (Wildman–Crippen MR) is 96.7 cm³/mol. The van der Waals surface area contributed by atoms with E-state index in [0.717, 1.165) is 5.57 Å². The summed E-state index contributed by atoms with van der Waals surface area (Å²) in [7, 11) is 0. The number of rotatable bonds is 6. The molecule has 1 saturated carbocycles. The Morgan fingerprint density at radius 1 is 1.52 bits per heavy atom. The summed E-state index contributed by atoms with van der Waals surface area (Å²) in [5.74, 6) is -0.919. The molecule has 0 spiro atoms. The highest BCUT2D eigenvalue weighted by Gasteiger charge is 2.49. The summed E-state index contributed by atoms with van der Waals surface area (Å²) in [6, 6.07) is 0. The maximum Gasteiger partial charge on any atom is 0.302 e. The fourth-order valence-corrected chi connectivity index (χ4v) is 2.60. The van der Waals surface area contributed by atoms with Crippen molar-refractivity contribution in [1.29, 1.82) is 0 Å². The third-order valence-corrected chi connectivity index (χ3v) is 4.43. The summed E-state index contributed by atoms with van der Waals surface area (Å²) in [5, 5.41) is 12.2. The maximum absolute atomic E-state index is 12.2. The molecule has 1 aliphatic carbocycles. The number of H-pyrrole nitrogens is 1. The van der Waals surface area contributed by atoms with Gasteiger partial charge in [0.2, 0.25) is 11.9 Å². The third-order valence-electron chi connectivity index (χ3n) is 4.43. The number of aromatic amines is 1. The first kappa shape index (κ1) is 18.8. The van der Waals surface area contributed by atoms with Crippen LogP contribution in [0.25, 0.3) is 17.4 Å².